The van der Waals surface area contributed by atoms with Crippen molar-refractivity contribution in [3.63, 3.8) is 0 Å². The van der Waals surface area contributed by atoms with E-state index < -0.39 is 5.92 Å². The minimum Gasteiger partial charge on any atom is -0.493 e. The van der Waals surface area contributed by atoms with E-state index in [1.165, 1.54) is 0 Å². The highest BCUT2D eigenvalue weighted by atomic mass is 32.2. The number of nitrogens with one attached hydrogen (secondary N) is 1. The fraction of sp³-hybridized carbons (Fsp3) is 0.107. The lowest BCUT2D eigenvalue weighted by atomic mass is 9.79. The zero-order valence-corrected chi connectivity index (χ0v) is 20.7. The molecular formula is C28H19NO5S2. The Morgan fingerprint density at radius 1 is 0.861 bits per heavy atom. The van der Waals surface area contributed by atoms with Crippen molar-refractivity contribution in [2.45, 2.75) is 17.6 Å². The molecule has 0 bridgehead atoms. The predicted molar refractivity (Wildman–Crippen MR) is 139 cm³/mol. The summed E-state index contributed by atoms with van der Waals surface area (Å²) < 4.78 is 11.6. The number of Topliss-reactive ketones (excluding diaryl/α,β-unsaturated/α-hetero) is 2. The molecule has 0 unspecified atom stereocenters. The van der Waals surface area contributed by atoms with Gasteiger partial charge in [0.2, 0.25) is 5.78 Å². The van der Waals surface area contributed by atoms with Gasteiger partial charge in [-0.25, -0.2) is 0 Å². The number of ketones is 2. The molecule has 1 aromatic heterocycles. The number of fused-ring (bicyclic) bond motifs is 2. The summed E-state index contributed by atoms with van der Waals surface area (Å²) in [5, 5.41) is 0.595. The predicted octanol–water partition coefficient (Wildman–Crippen LogP) is 5.59. The second-order valence-electron chi connectivity index (χ2n) is 8.37. The fourth-order valence-corrected chi connectivity index (χ4v) is 6.87. The van der Waals surface area contributed by atoms with Crippen LogP contribution in [0.3, 0.4) is 0 Å². The van der Waals surface area contributed by atoms with Gasteiger partial charge in [0, 0.05) is 16.7 Å². The molecule has 8 heteroatoms. The molecule has 0 saturated heterocycles. The second kappa shape index (κ2) is 8.96. The number of thioether (sulfide) groups is 1. The quantitative estimate of drug-likeness (QED) is 0.374. The van der Waals surface area contributed by atoms with Crippen molar-refractivity contribution in [3.8, 4) is 11.5 Å². The first-order valence-corrected chi connectivity index (χ1v) is 12.9. The van der Waals surface area contributed by atoms with Crippen LogP contribution in [0.4, 0.5) is 0 Å². The van der Waals surface area contributed by atoms with Gasteiger partial charge in [-0.15, -0.1) is 0 Å². The number of thiazole rings is 1. The second-order valence-corrected chi connectivity index (χ2v) is 10.4. The smallest absolute Gasteiger partial charge is 0.305 e. The number of ether oxygens (including phenoxy) is 2. The summed E-state index contributed by atoms with van der Waals surface area (Å²) >= 11 is 2.22. The first-order valence-electron chi connectivity index (χ1n) is 11.2. The molecule has 0 saturated carbocycles. The summed E-state index contributed by atoms with van der Waals surface area (Å²) in [6.45, 7) is 0.374. The van der Waals surface area contributed by atoms with E-state index in [9.17, 15) is 14.4 Å². The third-order valence-electron chi connectivity index (χ3n) is 6.27. The van der Waals surface area contributed by atoms with Gasteiger partial charge in [0.05, 0.1) is 27.8 Å². The van der Waals surface area contributed by atoms with Crippen molar-refractivity contribution < 1.29 is 19.1 Å². The van der Waals surface area contributed by atoms with Crippen molar-refractivity contribution in [1.82, 2.24) is 4.98 Å². The van der Waals surface area contributed by atoms with E-state index in [4.69, 9.17) is 9.47 Å². The Bertz CT molecular complexity index is 1620. The Hall–Kier alpha value is -3.88. The summed E-state index contributed by atoms with van der Waals surface area (Å²) in [4.78, 5) is 43.1. The molecule has 1 N–H and O–H groups in total. The van der Waals surface area contributed by atoms with Crippen molar-refractivity contribution in [2.24, 2.45) is 0 Å². The molecule has 0 amide bonds. The molecule has 6 nitrogen and oxygen atoms in total. The number of carbonyl (C=O) groups excluding carboxylic acids is 2. The van der Waals surface area contributed by atoms with Crippen molar-refractivity contribution >= 4 is 34.7 Å². The number of benzene rings is 3. The summed E-state index contributed by atoms with van der Waals surface area (Å²) in [7, 11) is 1.56. The van der Waals surface area contributed by atoms with Crippen molar-refractivity contribution in [3.05, 3.63) is 120 Å². The molecule has 0 radical (unpaired) electrons. The van der Waals surface area contributed by atoms with Gasteiger partial charge >= 0.3 is 4.87 Å². The Morgan fingerprint density at radius 2 is 1.58 bits per heavy atom. The molecule has 4 aromatic rings. The van der Waals surface area contributed by atoms with Gasteiger partial charge in [-0.05, 0) is 23.3 Å². The van der Waals surface area contributed by atoms with Crippen LogP contribution in [0.1, 0.15) is 42.6 Å². The fourth-order valence-electron chi connectivity index (χ4n) is 4.60. The van der Waals surface area contributed by atoms with Crippen LogP contribution in [0.25, 0.3) is 0 Å². The zero-order chi connectivity index (χ0) is 24.8. The molecule has 1 aliphatic heterocycles. The molecule has 36 heavy (non-hydrogen) atoms. The largest absolute Gasteiger partial charge is 0.493 e. The van der Waals surface area contributed by atoms with Crippen LogP contribution in [0.5, 0.6) is 11.5 Å². The Balaban J connectivity index is 1.45. The molecule has 0 fully saturated rings. The normalized spacial score (nSPS) is 16.3. The monoisotopic (exact) mass is 513 g/mol. The van der Waals surface area contributed by atoms with E-state index >= 15 is 0 Å². The number of aromatic nitrogens is 1. The Labute approximate surface area is 214 Å². The lowest BCUT2D eigenvalue weighted by Gasteiger charge is -2.30. The number of hydrogen-bond donors (Lipinski definition) is 1. The molecular weight excluding hydrogens is 494 g/mol. The van der Waals surface area contributed by atoms with E-state index in [0.717, 1.165) is 34.2 Å². The first-order chi connectivity index (χ1) is 17.5. The maximum absolute atomic E-state index is 13.7. The van der Waals surface area contributed by atoms with Gasteiger partial charge < -0.3 is 14.5 Å². The highest BCUT2D eigenvalue weighted by molar-refractivity contribution is 8.04. The molecule has 1 aliphatic carbocycles. The summed E-state index contributed by atoms with van der Waals surface area (Å²) in [6, 6.07) is 22.1. The van der Waals surface area contributed by atoms with Gasteiger partial charge in [-0.3, -0.25) is 14.4 Å². The van der Waals surface area contributed by atoms with Crippen molar-refractivity contribution in [2.75, 3.05) is 7.11 Å². The van der Waals surface area contributed by atoms with Crippen LogP contribution in [0, 0.1) is 0 Å². The Morgan fingerprint density at radius 3 is 2.33 bits per heavy atom. The molecule has 6 rings (SSSR count). The number of carbonyl (C=O) groups is 2. The highest BCUT2D eigenvalue weighted by Gasteiger charge is 2.43. The highest BCUT2D eigenvalue weighted by Crippen LogP contribution is 2.52. The van der Waals surface area contributed by atoms with Gasteiger partial charge in [-0.1, -0.05) is 83.8 Å². The average Bonchev–Trinajstić information content (AvgIpc) is 3.29. The third-order valence-corrected chi connectivity index (χ3v) is 8.48. The minimum atomic E-state index is -0.581. The van der Waals surface area contributed by atoms with E-state index in [2.05, 4.69) is 4.98 Å². The van der Waals surface area contributed by atoms with Gasteiger partial charge in [-0.2, -0.15) is 0 Å². The lowest BCUT2D eigenvalue weighted by molar-refractivity contribution is 0.0977. The van der Waals surface area contributed by atoms with E-state index in [0.29, 0.717) is 49.6 Å². The van der Waals surface area contributed by atoms with E-state index in [1.807, 2.05) is 42.5 Å². The number of aromatic amines is 1. The molecule has 0 spiro atoms. The summed E-state index contributed by atoms with van der Waals surface area (Å²) in [5.41, 5.74) is 2.92. The number of rotatable bonds is 5. The van der Waals surface area contributed by atoms with Crippen molar-refractivity contribution in [1.29, 1.82) is 0 Å². The molecule has 3 aromatic carbocycles. The molecule has 1 atom stereocenters. The van der Waals surface area contributed by atoms with Gasteiger partial charge in [0.1, 0.15) is 6.61 Å². The Kier molecular flexibility index (Phi) is 5.62. The maximum Gasteiger partial charge on any atom is 0.305 e. The molecule has 178 valence electrons. The number of allylic oxidation sites excluding steroid dienone is 2. The lowest BCUT2D eigenvalue weighted by Crippen LogP contribution is -2.27. The summed E-state index contributed by atoms with van der Waals surface area (Å²) in [5.74, 6) is 0.0731. The molecule has 2 aliphatic rings. The topological polar surface area (TPSA) is 85.5 Å². The number of hydrogen-bond acceptors (Lipinski definition) is 7. The van der Waals surface area contributed by atoms with Gasteiger partial charge in [0.25, 0.3) is 0 Å². The standard InChI is InChI=1S/C28H19NO5S2/c1-33-20-13-16(11-12-19(20)34-14-15-7-3-2-4-8-15)21-22-23(30)17-9-5-6-10-18(17)24(31)25(22)35-27-26(21)36-28(32)29-27/h2-13,21H,14H2,1H3,(H,29,32)/t21-/m1/s1. The van der Waals surface area contributed by atoms with E-state index in [1.54, 1.807) is 37.4 Å². The van der Waals surface area contributed by atoms with Crippen LogP contribution in [-0.4, -0.2) is 23.7 Å². The van der Waals surface area contributed by atoms with Crippen LogP contribution < -0.4 is 14.3 Å². The average molecular weight is 514 g/mol. The van der Waals surface area contributed by atoms with Crippen LogP contribution in [-0.2, 0) is 6.61 Å². The van der Waals surface area contributed by atoms with Crippen LogP contribution >= 0.6 is 23.1 Å². The molecule has 2 heterocycles. The third kappa shape index (κ3) is 3.70. The summed E-state index contributed by atoms with van der Waals surface area (Å²) in [6.07, 6.45) is 0. The maximum atomic E-state index is 13.7. The van der Waals surface area contributed by atoms with E-state index in [-0.39, 0.29) is 16.4 Å². The van der Waals surface area contributed by atoms with Crippen LogP contribution in [0.2, 0.25) is 0 Å². The first kappa shape index (κ1) is 22.6. The number of H-pyrrole nitrogens is 1. The zero-order valence-electron chi connectivity index (χ0n) is 19.1. The van der Waals surface area contributed by atoms with Gasteiger partial charge in [0.15, 0.2) is 17.3 Å². The minimum absolute atomic E-state index is 0.201. The number of methoxy groups -OCH3 is 1. The SMILES string of the molecule is COc1cc([C@@H]2C3=C(Sc4[nH]c(=O)sc42)C(=O)c2ccccc2C3=O)ccc1OCc1ccccc1. The van der Waals surface area contributed by atoms with Crippen LogP contribution in [0.15, 0.2) is 93.1 Å².